The highest BCUT2D eigenvalue weighted by Gasteiger charge is 2.17. The number of rotatable bonds is 9. The topological polar surface area (TPSA) is 118 Å². The molecule has 1 aliphatic heterocycles. The Hall–Kier alpha value is -3.76. The highest BCUT2D eigenvalue weighted by atomic mass is 16.6. The van der Waals surface area contributed by atoms with Gasteiger partial charge in [-0.1, -0.05) is 30.3 Å². The van der Waals surface area contributed by atoms with Gasteiger partial charge in [-0.25, -0.2) is 4.68 Å². The molecule has 10 heteroatoms. The van der Waals surface area contributed by atoms with Gasteiger partial charge < -0.3 is 19.6 Å². The van der Waals surface area contributed by atoms with E-state index in [2.05, 4.69) is 25.4 Å². The SMILES string of the molecule is O=c1[nH]c2cc3c(cc2cc1CN(CCCO)Cc1nnnn1Cc1ccccc1)OCCO3. The summed E-state index contributed by atoms with van der Waals surface area (Å²) in [5, 5.41) is 22.5. The fourth-order valence-electron chi connectivity index (χ4n) is 4.07. The number of aromatic amines is 1. The predicted octanol–water partition coefficient (Wildman–Crippen LogP) is 1.72. The van der Waals surface area contributed by atoms with E-state index in [9.17, 15) is 9.90 Å². The number of aliphatic hydroxyl groups is 1. The number of H-pyrrole nitrogens is 1. The number of ether oxygens (including phenoxy) is 2. The van der Waals surface area contributed by atoms with Crippen LogP contribution in [0.3, 0.4) is 0 Å². The van der Waals surface area contributed by atoms with E-state index >= 15 is 0 Å². The second kappa shape index (κ2) is 10.0. The van der Waals surface area contributed by atoms with Gasteiger partial charge >= 0.3 is 0 Å². The molecule has 4 aromatic rings. The molecule has 2 aromatic heterocycles. The highest BCUT2D eigenvalue weighted by Crippen LogP contribution is 2.33. The van der Waals surface area contributed by atoms with Crippen LogP contribution in [0.25, 0.3) is 10.9 Å². The lowest BCUT2D eigenvalue weighted by atomic mass is 10.1. The van der Waals surface area contributed by atoms with Gasteiger partial charge in [-0.05, 0) is 34.5 Å². The van der Waals surface area contributed by atoms with Gasteiger partial charge in [-0.15, -0.1) is 5.10 Å². The summed E-state index contributed by atoms with van der Waals surface area (Å²) in [4.78, 5) is 17.9. The molecule has 0 saturated carbocycles. The number of pyridine rings is 1. The molecular formula is C24H26N6O4. The van der Waals surface area contributed by atoms with Crippen LogP contribution in [0.5, 0.6) is 11.5 Å². The molecule has 0 spiro atoms. The molecule has 10 nitrogen and oxygen atoms in total. The van der Waals surface area contributed by atoms with E-state index in [1.807, 2.05) is 42.5 Å². The molecule has 0 atom stereocenters. The van der Waals surface area contributed by atoms with E-state index in [1.165, 1.54) is 0 Å². The van der Waals surface area contributed by atoms with E-state index in [4.69, 9.17) is 9.47 Å². The van der Waals surface area contributed by atoms with Gasteiger partial charge in [0.25, 0.3) is 5.56 Å². The van der Waals surface area contributed by atoms with Crippen LogP contribution in [0.2, 0.25) is 0 Å². The third-order valence-corrected chi connectivity index (χ3v) is 5.76. The molecule has 1 aliphatic rings. The highest BCUT2D eigenvalue weighted by molar-refractivity contribution is 5.83. The van der Waals surface area contributed by atoms with E-state index in [0.29, 0.717) is 74.2 Å². The van der Waals surface area contributed by atoms with Gasteiger partial charge in [-0.2, -0.15) is 0 Å². The molecule has 0 amide bonds. The van der Waals surface area contributed by atoms with Crippen molar-refractivity contribution in [1.82, 2.24) is 30.1 Å². The summed E-state index contributed by atoms with van der Waals surface area (Å²) in [6, 6.07) is 15.6. The van der Waals surface area contributed by atoms with Crippen molar-refractivity contribution in [3.05, 3.63) is 75.8 Å². The second-order valence-corrected chi connectivity index (χ2v) is 8.23. The summed E-state index contributed by atoms with van der Waals surface area (Å²) in [7, 11) is 0. The number of fused-ring (bicyclic) bond motifs is 2. The van der Waals surface area contributed by atoms with Gasteiger partial charge in [0.05, 0.1) is 18.6 Å². The lowest BCUT2D eigenvalue weighted by molar-refractivity contribution is 0.172. The molecule has 2 aromatic carbocycles. The van der Waals surface area contributed by atoms with Crippen molar-refractivity contribution in [3.8, 4) is 11.5 Å². The molecule has 3 heterocycles. The zero-order valence-corrected chi connectivity index (χ0v) is 18.7. The van der Waals surface area contributed by atoms with E-state index in [1.54, 1.807) is 10.7 Å². The van der Waals surface area contributed by atoms with Crippen molar-refractivity contribution in [2.75, 3.05) is 26.4 Å². The second-order valence-electron chi connectivity index (χ2n) is 8.23. The van der Waals surface area contributed by atoms with Gasteiger partial charge in [0.15, 0.2) is 17.3 Å². The minimum absolute atomic E-state index is 0.0585. The van der Waals surface area contributed by atoms with Gasteiger partial charge in [0.1, 0.15) is 13.2 Å². The Bertz CT molecular complexity index is 1320. The number of aliphatic hydroxyl groups excluding tert-OH is 1. The Morgan fingerprint density at radius 3 is 2.65 bits per heavy atom. The molecule has 0 aliphatic carbocycles. The van der Waals surface area contributed by atoms with Crippen LogP contribution in [0, 0.1) is 0 Å². The summed E-state index contributed by atoms with van der Waals surface area (Å²) < 4.78 is 13.1. The fraction of sp³-hybridized carbons (Fsp3) is 0.333. The molecule has 0 radical (unpaired) electrons. The Morgan fingerprint density at radius 2 is 1.85 bits per heavy atom. The smallest absolute Gasteiger partial charge is 0.252 e. The maximum Gasteiger partial charge on any atom is 0.252 e. The van der Waals surface area contributed by atoms with Crippen LogP contribution in [-0.2, 0) is 19.6 Å². The molecular weight excluding hydrogens is 436 g/mol. The number of tetrazole rings is 1. The summed E-state index contributed by atoms with van der Waals surface area (Å²) in [6.45, 7) is 3.03. The Kier molecular flexibility index (Phi) is 6.50. The van der Waals surface area contributed by atoms with Crippen molar-refractivity contribution in [2.24, 2.45) is 0 Å². The van der Waals surface area contributed by atoms with E-state index in [0.717, 1.165) is 10.9 Å². The monoisotopic (exact) mass is 462 g/mol. The number of nitrogens with one attached hydrogen (secondary N) is 1. The van der Waals surface area contributed by atoms with Gasteiger partial charge in [-0.3, -0.25) is 9.69 Å². The first kappa shape index (κ1) is 22.1. The van der Waals surface area contributed by atoms with Crippen molar-refractivity contribution in [3.63, 3.8) is 0 Å². The number of hydrogen-bond donors (Lipinski definition) is 2. The molecule has 0 fully saturated rings. The summed E-state index contributed by atoms with van der Waals surface area (Å²) in [5.74, 6) is 2.00. The van der Waals surface area contributed by atoms with Gasteiger partial charge in [0, 0.05) is 36.7 Å². The average Bonchev–Trinajstić information content (AvgIpc) is 3.28. The standard InChI is InChI=1S/C24H26N6O4/c31-8-4-7-29(16-23-26-27-28-30(23)14-17-5-2-1-3-6-17)15-19-11-18-12-21-22(34-10-9-33-21)13-20(18)25-24(19)32/h1-3,5-6,11-13,31H,4,7-10,14-16H2,(H,25,32). The minimum atomic E-state index is -0.165. The predicted molar refractivity (Wildman–Crippen MR) is 125 cm³/mol. The number of aromatic nitrogens is 5. The zero-order valence-electron chi connectivity index (χ0n) is 18.7. The van der Waals surface area contributed by atoms with Crippen LogP contribution in [0.15, 0.2) is 53.3 Å². The first-order chi connectivity index (χ1) is 16.7. The van der Waals surface area contributed by atoms with Crippen molar-refractivity contribution < 1.29 is 14.6 Å². The third kappa shape index (κ3) is 4.92. The number of nitrogens with zero attached hydrogens (tertiary/aromatic N) is 5. The van der Waals surface area contributed by atoms with Crippen LogP contribution >= 0.6 is 0 Å². The van der Waals surface area contributed by atoms with E-state index in [-0.39, 0.29) is 12.2 Å². The number of hydrogen-bond acceptors (Lipinski definition) is 8. The van der Waals surface area contributed by atoms with Crippen LogP contribution in [0.1, 0.15) is 23.4 Å². The number of benzene rings is 2. The lowest BCUT2D eigenvalue weighted by Crippen LogP contribution is -2.29. The molecule has 176 valence electrons. The maximum absolute atomic E-state index is 12.9. The first-order valence-electron chi connectivity index (χ1n) is 11.3. The molecule has 5 rings (SSSR count). The Morgan fingerprint density at radius 1 is 1.06 bits per heavy atom. The zero-order chi connectivity index (χ0) is 23.3. The van der Waals surface area contributed by atoms with Crippen LogP contribution in [-0.4, -0.2) is 61.6 Å². The molecule has 0 saturated heterocycles. The lowest BCUT2D eigenvalue weighted by Gasteiger charge is -2.22. The van der Waals surface area contributed by atoms with Crippen LogP contribution in [0.4, 0.5) is 0 Å². The minimum Gasteiger partial charge on any atom is -0.486 e. The van der Waals surface area contributed by atoms with Crippen molar-refractivity contribution in [1.29, 1.82) is 0 Å². The molecule has 2 N–H and O–H groups in total. The fourth-order valence-corrected chi connectivity index (χ4v) is 4.07. The first-order valence-corrected chi connectivity index (χ1v) is 11.3. The quantitative estimate of drug-likeness (QED) is 0.386. The average molecular weight is 463 g/mol. The Balaban J connectivity index is 1.39. The normalized spacial score (nSPS) is 13.0. The van der Waals surface area contributed by atoms with E-state index < -0.39 is 0 Å². The third-order valence-electron chi connectivity index (χ3n) is 5.76. The van der Waals surface area contributed by atoms with Crippen molar-refractivity contribution in [2.45, 2.75) is 26.1 Å². The summed E-state index contributed by atoms with van der Waals surface area (Å²) in [5.41, 5.74) is 2.25. The van der Waals surface area contributed by atoms with Crippen molar-refractivity contribution >= 4 is 10.9 Å². The largest absolute Gasteiger partial charge is 0.486 e. The van der Waals surface area contributed by atoms with Gasteiger partial charge in [0.2, 0.25) is 0 Å². The molecule has 0 unspecified atom stereocenters. The maximum atomic E-state index is 12.9. The molecule has 34 heavy (non-hydrogen) atoms. The summed E-state index contributed by atoms with van der Waals surface area (Å²) >= 11 is 0. The summed E-state index contributed by atoms with van der Waals surface area (Å²) in [6.07, 6.45) is 0.574. The molecule has 0 bridgehead atoms. The van der Waals surface area contributed by atoms with Crippen LogP contribution < -0.4 is 15.0 Å². The Labute approximate surface area is 195 Å².